The van der Waals surface area contributed by atoms with Gasteiger partial charge in [0, 0.05) is 10.5 Å². The fraction of sp³-hybridized carbons (Fsp3) is 0.308. The van der Waals surface area contributed by atoms with Gasteiger partial charge in [-0.25, -0.2) is 4.79 Å². The van der Waals surface area contributed by atoms with E-state index in [1.165, 1.54) is 0 Å². The Balaban J connectivity index is 2.64. The van der Waals surface area contributed by atoms with Gasteiger partial charge in [-0.15, -0.1) is 0 Å². The number of rotatable bonds is 6. The van der Waals surface area contributed by atoms with E-state index in [0.29, 0.717) is 5.75 Å². The molecule has 0 amide bonds. The maximum atomic E-state index is 10.9. The summed E-state index contributed by atoms with van der Waals surface area (Å²) in [6.07, 6.45) is 0.125. The first-order valence-electron chi connectivity index (χ1n) is 5.61. The van der Waals surface area contributed by atoms with Crippen molar-refractivity contribution >= 4 is 53.8 Å². The van der Waals surface area contributed by atoms with E-state index in [9.17, 15) is 9.90 Å². The topological polar surface area (TPSA) is 55.8 Å². The maximum absolute atomic E-state index is 10.9. The van der Waals surface area contributed by atoms with Crippen molar-refractivity contribution in [2.24, 2.45) is 0 Å². The predicted molar refractivity (Wildman–Crippen MR) is 86.9 cm³/mol. The minimum absolute atomic E-state index is 0.00267. The van der Waals surface area contributed by atoms with Crippen molar-refractivity contribution in [3.8, 4) is 5.75 Å². The Morgan fingerprint density at radius 1 is 1.40 bits per heavy atom. The SMILES string of the molecule is C=CC(=O)OCC(O)COc1c(Br)cc(Br)c(C)c1Br. The van der Waals surface area contributed by atoms with E-state index in [-0.39, 0.29) is 13.2 Å². The van der Waals surface area contributed by atoms with Crippen LogP contribution in [0.4, 0.5) is 0 Å². The summed E-state index contributed by atoms with van der Waals surface area (Å²) in [6, 6.07) is 1.86. The minimum atomic E-state index is -0.915. The van der Waals surface area contributed by atoms with E-state index in [2.05, 4.69) is 54.4 Å². The first-order chi connectivity index (χ1) is 9.36. The van der Waals surface area contributed by atoms with Gasteiger partial charge in [0.25, 0.3) is 0 Å². The van der Waals surface area contributed by atoms with Crippen molar-refractivity contribution < 1.29 is 19.4 Å². The zero-order valence-electron chi connectivity index (χ0n) is 10.7. The number of esters is 1. The van der Waals surface area contributed by atoms with Gasteiger partial charge >= 0.3 is 5.97 Å². The fourth-order valence-corrected chi connectivity index (χ4v) is 3.61. The van der Waals surface area contributed by atoms with Crippen molar-refractivity contribution in [2.45, 2.75) is 13.0 Å². The van der Waals surface area contributed by atoms with E-state index in [4.69, 9.17) is 9.47 Å². The average Bonchev–Trinajstić information content (AvgIpc) is 2.42. The van der Waals surface area contributed by atoms with E-state index in [1.54, 1.807) is 0 Å². The van der Waals surface area contributed by atoms with Crippen molar-refractivity contribution in [3.63, 3.8) is 0 Å². The van der Waals surface area contributed by atoms with Gasteiger partial charge in [0.05, 0.1) is 8.95 Å². The number of carbonyl (C=O) groups excluding carboxylic acids is 1. The van der Waals surface area contributed by atoms with Crippen LogP contribution in [0.3, 0.4) is 0 Å². The second-order valence-corrected chi connectivity index (χ2v) is 6.41. The number of aliphatic hydroxyl groups excluding tert-OH is 1. The zero-order valence-corrected chi connectivity index (χ0v) is 15.4. The molecule has 1 aromatic carbocycles. The number of hydrogen-bond acceptors (Lipinski definition) is 4. The molecule has 1 atom stereocenters. The molecule has 0 saturated carbocycles. The van der Waals surface area contributed by atoms with Gasteiger partial charge in [-0.05, 0) is 50.4 Å². The highest BCUT2D eigenvalue weighted by Crippen LogP contribution is 2.39. The summed E-state index contributed by atoms with van der Waals surface area (Å²) in [4.78, 5) is 10.9. The molecule has 4 nitrogen and oxygen atoms in total. The molecule has 0 fully saturated rings. The molecular formula is C13H13Br3O4. The number of halogens is 3. The Morgan fingerprint density at radius 2 is 2.05 bits per heavy atom. The first-order valence-corrected chi connectivity index (χ1v) is 7.98. The van der Waals surface area contributed by atoms with Crippen LogP contribution in [0.1, 0.15) is 5.56 Å². The summed E-state index contributed by atoms with van der Waals surface area (Å²) in [7, 11) is 0. The normalized spacial score (nSPS) is 11.8. The quantitative estimate of drug-likeness (QED) is 0.506. The van der Waals surface area contributed by atoms with E-state index in [1.807, 2.05) is 13.0 Å². The Kier molecular flexibility index (Phi) is 7.22. The molecule has 20 heavy (non-hydrogen) atoms. The molecule has 1 rings (SSSR count). The number of hydrogen-bond donors (Lipinski definition) is 1. The molecule has 0 heterocycles. The van der Waals surface area contributed by atoms with Crippen molar-refractivity contribution in [1.29, 1.82) is 0 Å². The van der Waals surface area contributed by atoms with Crippen LogP contribution >= 0.6 is 47.8 Å². The highest BCUT2D eigenvalue weighted by Gasteiger charge is 2.15. The standard InChI is InChI=1S/C13H13Br3O4/c1-3-11(18)19-5-8(17)6-20-13-10(15)4-9(14)7(2)12(13)16/h3-4,8,17H,1,5-6H2,2H3. The lowest BCUT2D eigenvalue weighted by molar-refractivity contribution is -0.141. The molecular weight excluding hydrogens is 460 g/mol. The average molecular weight is 473 g/mol. The number of carbonyl (C=O) groups is 1. The third kappa shape index (κ3) is 4.87. The van der Waals surface area contributed by atoms with Crippen LogP contribution in [0.15, 0.2) is 32.1 Å². The summed E-state index contributed by atoms with van der Waals surface area (Å²) >= 11 is 10.3. The van der Waals surface area contributed by atoms with Gasteiger partial charge in [-0.2, -0.15) is 0 Å². The van der Waals surface area contributed by atoms with Crippen LogP contribution in [0.25, 0.3) is 0 Å². The van der Waals surface area contributed by atoms with Crippen LogP contribution < -0.4 is 4.74 Å². The van der Waals surface area contributed by atoms with Gasteiger partial charge in [-0.1, -0.05) is 22.5 Å². The molecule has 0 aromatic heterocycles. The maximum Gasteiger partial charge on any atom is 0.330 e. The highest BCUT2D eigenvalue weighted by molar-refractivity contribution is 9.11. The van der Waals surface area contributed by atoms with Crippen LogP contribution in [0.5, 0.6) is 5.75 Å². The smallest absolute Gasteiger partial charge is 0.330 e. The Morgan fingerprint density at radius 3 is 2.65 bits per heavy atom. The lowest BCUT2D eigenvalue weighted by Crippen LogP contribution is -2.25. The Hall–Kier alpha value is -0.370. The van der Waals surface area contributed by atoms with E-state index < -0.39 is 12.1 Å². The fourth-order valence-electron chi connectivity index (χ4n) is 1.26. The molecule has 0 aliphatic heterocycles. The van der Waals surface area contributed by atoms with Gasteiger partial charge < -0.3 is 14.6 Å². The largest absolute Gasteiger partial charge is 0.488 e. The molecule has 0 aliphatic rings. The molecule has 110 valence electrons. The summed E-state index contributed by atoms with van der Waals surface area (Å²) in [6.45, 7) is 5.05. The molecule has 1 aromatic rings. The van der Waals surface area contributed by atoms with E-state index in [0.717, 1.165) is 25.1 Å². The van der Waals surface area contributed by atoms with Crippen LogP contribution in [0.2, 0.25) is 0 Å². The van der Waals surface area contributed by atoms with Gasteiger partial charge in [0.2, 0.25) is 0 Å². The highest BCUT2D eigenvalue weighted by atomic mass is 79.9. The third-order valence-corrected chi connectivity index (χ3v) is 4.73. The monoisotopic (exact) mass is 470 g/mol. The second-order valence-electron chi connectivity index (χ2n) is 3.91. The third-order valence-electron chi connectivity index (χ3n) is 2.36. The Bertz CT molecular complexity index is 517. The minimum Gasteiger partial charge on any atom is -0.488 e. The molecule has 0 saturated heterocycles. The van der Waals surface area contributed by atoms with Crippen molar-refractivity contribution in [2.75, 3.05) is 13.2 Å². The summed E-state index contributed by atoms with van der Waals surface area (Å²) in [5.74, 6) is 0.00527. The summed E-state index contributed by atoms with van der Waals surface area (Å²) in [5, 5.41) is 9.68. The predicted octanol–water partition coefficient (Wildman–Crippen LogP) is 3.75. The second kappa shape index (κ2) is 8.17. The lowest BCUT2D eigenvalue weighted by Gasteiger charge is -2.16. The molecule has 1 N–H and O–H groups in total. The molecule has 0 spiro atoms. The van der Waals surface area contributed by atoms with Crippen LogP contribution in [-0.2, 0) is 9.53 Å². The van der Waals surface area contributed by atoms with Crippen molar-refractivity contribution in [1.82, 2.24) is 0 Å². The van der Waals surface area contributed by atoms with Gasteiger partial charge in [0.1, 0.15) is 25.1 Å². The molecule has 0 radical (unpaired) electrons. The molecule has 0 bridgehead atoms. The van der Waals surface area contributed by atoms with Crippen LogP contribution in [-0.4, -0.2) is 30.4 Å². The molecule has 7 heteroatoms. The first kappa shape index (κ1) is 17.7. The van der Waals surface area contributed by atoms with Gasteiger partial charge in [0.15, 0.2) is 0 Å². The number of benzene rings is 1. The lowest BCUT2D eigenvalue weighted by atomic mass is 10.2. The van der Waals surface area contributed by atoms with Gasteiger partial charge in [-0.3, -0.25) is 0 Å². The molecule has 1 unspecified atom stereocenters. The Labute approximate surface area is 142 Å². The zero-order chi connectivity index (χ0) is 15.3. The number of ether oxygens (including phenoxy) is 2. The van der Waals surface area contributed by atoms with E-state index >= 15 is 0 Å². The van der Waals surface area contributed by atoms with Crippen LogP contribution in [0, 0.1) is 6.92 Å². The molecule has 0 aliphatic carbocycles. The summed E-state index contributed by atoms with van der Waals surface area (Å²) < 4.78 is 12.7. The summed E-state index contributed by atoms with van der Waals surface area (Å²) in [5.41, 5.74) is 0.982. The number of aliphatic hydroxyl groups is 1. The van der Waals surface area contributed by atoms with Crippen molar-refractivity contribution in [3.05, 3.63) is 37.7 Å².